The molecular formula is C16H14ClN3O. The lowest BCUT2D eigenvalue weighted by Gasteiger charge is -2.00. The number of nitrogens with zero attached hydrogens (tertiary/aromatic N) is 2. The Labute approximate surface area is 127 Å². The van der Waals surface area contributed by atoms with Gasteiger partial charge in [-0.25, -0.2) is 0 Å². The fraction of sp³-hybridized carbons (Fsp3) is 0.125. The topological polar surface area (TPSA) is 64.9 Å². The molecule has 0 spiro atoms. The van der Waals surface area contributed by atoms with Gasteiger partial charge in [-0.3, -0.25) is 0 Å². The summed E-state index contributed by atoms with van der Waals surface area (Å²) in [7, 11) is 0. The number of rotatable bonds is 4. The number of aromatic nitrogens is 2. The molecule has 0 saturated carbocycles. The summed E-state index contributed by atoms with van der Waals surface area (Å²) >= 11 is 5.98. The Kier molecular flexibility index (Phi) is 3.99. The minimum Gasteiger partial charge on any atom is -0.334 e. The molecule has 1 heterocycles. The van der Waals surface area contributed by atoms with Crippen LogP contribution in [0.1, 0.15) is 5.56 Å². The summed E-state index contributed by atoms with van der Waals surface area (Å²) < 4.78 is 5.34. The monoisotopic (exact) mass is 299 g/mol. The number of nitrogens with two attached hydrogens (primary N) is 1. The maximum Gasteiger partial charge on any atom is 0.258 e. The van der Waals surface area contributed by atoms with Gasteiger partial charge in [-0.05, 0) is 42.8 Å². The second-order valence-electron chi connectivity index (χ2n) is 4.67. The molecule has 0 fully saturated rings. The Bertz CT molecular complexity index is 755. The van der Waals surface area contributed by atoms with E-state index in [0.717, 1.165) is 23.1 Å². The second-order valence-corrected chi connectivity index (χ2v) is 5.11. The van der Waals surface area contributed by atoms with Gasteiger partial charge in [0, 0.05) is 16.1 Å². The number of hydrogen-bond donors (Lipinski definition) is 1. The molecule has 0 aliphatic carbocycles. The summed E-state index contributed by atoms with van der Waals surface area (Å²) in [4.78, 5) is 4.43. The molecule has 0 bridgehead atoms. The summed E-state index contributed by atoms with van der Waals surface area (Å²) in [5.41, 5.74) is 8.45. The van der Waals surface area contributed by atoms with Crippen molar-refractivity contribution in [1.82, 2.24) is 10.1 Å². The van der Waals surface area contributed by atoms with Crippen LogP contribution in [0.25, 0.3) is 22.8 Å². The average Bonchev–Trinajstić information content (AvgIpc) is 2.98. The van der Waals surface area contributed by atoms with Crippen LogP contribution in [0.15, 0.2) is 53.1 Å². The SMILES string of the molecule is NCCc1cccc(-c2nc(-c3cccc(Cl)c3)no2)c1. The van der Waals surface area contributed by atoms with Crippen LogP contribution in [0.3, 0.4) is 0 Å². The van der Waals surface area contributed by atoms with Crippen LogP contribution in [0, 0.1) is 0 Å². The molecule has 4 nitrogen and oxygen atoms in total. The quantitative estimate of drug-likeness (QED) is 0.800. The normalized spacial score (nSPS) is 10.8. The van der Waals surface area contributed by atoms with Gasteiger partial charge < -0.3 is 10.3 Å². The van der Waals surface area contributed by atoms with Crippen molar-refractivity contribution in [2.75, 3.05) is 6.54 Å². The summed E-state index contributed by atoms with van der Waals surface area (Å²) in [6.07, 6.45) is 0.823. The van der Waals surface area contributed by atoms with E-state index in [1.807, 2.05) is 42.5 Å². The molecule has 2 N–H and O–H groups in total. The van der Waals surface area contributed by atoms with Crippen LogP contribution in [0.4, 0.5) is 0 Å². The Morgan fingerprint density at radius 2 is 1.86 bits per heavy atom. The molecule has 0 unspecified atom stereocenters. The van der Waals surface area contributed by atoms with Crippen LogP contribution in [0.2, 0.25) is 5.02 Å². The van der Waals surface area contributed by atoms with E-state index in [1.165, 1.54) is 0 Å². The fourth-order valence-corrected chi connectivity index (χ4v) is 2.30. The van der Waals surface area contributed by atoms with Crippen molar-refractivity contribution < 1.29 is 4.52 Å². The average molecular weight is 300 g/mol. The lowest BCUT2D eigenvalue weighted by atomic mass is 10.1. The zero-order valence-electron chi connectivity index (χ0n) is 11.3. The van der Waals surface area contributed by atoms with E-state index in [1.54, 1.807) is 6.07 Å². The third-order valence-corrected chi connectivity index (χ3v) is 3.35. The predicted octanol–water partition coefficient (Wildman–Crippen LogP) is 3.56. The summed E-state index contributed by atoms with van der Waals surface area (Å²) in [6, 6.07) is 15.3. The summed E-state index contributed by atoms with van der Waals surface area (Å²) in [5, 5.41) is 4.65. The van der Waals surface area contributed by atoms with E-state index in [2.05, 4.69) is 10.1 Å². The van der Waals surface area contributed by atoms with Gasteiger partial charge >= 0.3 is 0 Å². The van der Waals surface area contributed by atoms with Gasteiger partial charge in [0.05, 0.1) is 0 Å². The van der Waals surface area contributed by atoms with Crippen molar-refractivity contribution >= 4 is 11.6 Å². The fourth-order valence-electron chi connectivity index (χ4n) is 2.11. The highest BCUT2D eigenvalue weighted by Crippen LogP contribution is 2.24. The Balaban J connectivity index is 1.93. The number of hydrogen-bond acceptors (Lipinski definition) is 4. The first-order valence-corrected chi connectivity index (χ1v) is 7.03. The van der Waals surface area contributed by atoms with Gasteiger partial charge in [0.1, 0.15) is 0 Å². The van der Waals surface area contributed by atoms with Gasteiger partial charge in [-0.1, -0.05) is 41.0 Å². The van der Waals surface area contributed by atoms with Gasteiger partial charge in [-0.15, -0.1) is 0 Å². The van der Waals surface area contributed by atoms with E-state index in [9.17, 15) is 0 Å². The smallest absolute Gasteiger partial charge is 0.258 e. The molecule has 0 radical (unpaired) electrons. The van der Waals surface area contributed by atoms with E-state index >= 15 is 0 Å². The molecule has 106 valence electrons. The van der Waals surface area contributed by atoms with E-state index in [4.69, 9.17) is 21.9 Å². The first-order valence-electron chi connectivity index (χ1n) is 6.65. The molecule has 0 saturated heterocycles. The third-order valence-electron chi connectivity index (χ3n) is 3.12. The molecule has 21 heavy (non-hydrogen) atoms. The minimum atomic E-state index is 0.490. The van der Waals surface area contributed by atoms with Gasteiger partial charge in [0.2, 0.25) is 5.82 Å². The molecule has 2 aromatic carbocycles. The molecule has 0 aliphatic rings. The lowest BCUT2D eigenvalue weighted by molar-refractivity contribution is 0.432. The molecule has 0 aliphatic heterocycles. The third kappa shape index (κ3) is 3.12. The minimum absolute atomic E-state index is 0.490. The van der Waals surface area contributed by atoms with Crippen molar-refractivity contribution in [2.24, 2.45) is 5.73 Å². The standard InChI is InChI=1S/C16H14ClN3O/c17-14-6-2-4-12(10-14)15-19-16(21-20-15)13-5-1-3-11(9-13)7-8-18/h1-6,9-10H,7-8,18H2. The Morgan fingerprint density at radius 3 is 2.67 bits per heavy atom. The molecule has 3 aromatic rings. The number of halogens is 1. The Morgan fingerprint density at radius 1 is 1.05 bits per heavy atom. The highest BCUT2D eigenvalue weighted by atomic mass is 35.5. The van der Waals surface area contributed by atoms with Crippen molar-refractivity contribution in [1.29, 1.82) is 0 Å². The maximum atomic E-state index is 5.98. The molecule has 3 rings (SSSR count). The van der Waals surface area contributed by atoms with Crippen LogP contribution in [0.5, 0.6) is 0 Å². The van der Waals surface area contributed by atoms with Crippen molar-refractivity contribution in [3.05, 3.63) is 59.1 Å². The van der Waals surface area contributed by atoms with E-state index in [0.29, 0.717) is 23.3 Å². The van der Waals surface area contributed by atoms with E-state index < -0.39 is 0 Å². The van der Waals surface area contributed by atoms with Gasteiger partial charge in [0.15, 0.2) is 0 Å². The molecule has 0 atom stereocenters. The summed E-state index contributed by atoms with van der Waals surface area (Å²) in [5.74, 6) is 1.01. The van der Waals surface area contributed by atoms with Gasteiger partial charge in [0.25, 0.3) is 5.89 Å². The van der Waals surface area contributed by atoms with Crippen LogP contribution < -0.4 is 5.73 Å². The maximum absolute atomic E-state index is 5.98. The van der Waals surface area contributed by atoms with Gasteiger partial charge in [-0.2, -0.15) is 4.98 Å². The highest BCUT2D eigenvalue weighted by molar-refractivity contribution is 6.30. The van der Waals surface area contributed by atoms with Crippen LogP contribution in [-0.2, 0) is 6.42 Å². The highest BCUT2D eigenvalue weighted by Gasteiger charge is 2.11. The van der Waals surface area contributed by atoms with Crippen molar-refractivity contribution in [2.45, 2.75) is 6.42 Å². The van der Waals surface area contributed by atoms with Crippen molar-refractivity contribution in [3.8, 4) is 22.8 Å². The first-order chi connectivity index (χ1) is 10.3. The molecule has 1 aromatic heterocycles. The second kappa shape index (κ2) is 6.08. The zero-order chi connectivity index (χ0) is 14.7. The largest absolute Gasteiger partial charge is 0.334 e. The Hall–Kier alpha value is -2.17. The van der Waals surface area contributed by atoms with Crippen molar-refractivity contribution in [3.63, 3.8) is 0 Å². The number of benzene rings is 2. The lowest BCUT2D eigenvalue weighted by Crippen LogP contribution is -2.02. The predicted molar refractivity (Wildman–Crippen MR) is 82.9 cm³/mol. The molecular weight excluding hydrogens is 286 g/mol. The van der Waals surface area contributed by atoms with Crippen LogP contribution >= 0.6 is 11.6 Å². The summed E-state index contributed by atoms with van der Waals surface area (Å²) in [6.45, 7) is 0.612. The first kappa shape index (κ1) is 13.8. The van der Waals surface area contributed by atoms with Crippen LogP contribution in [-0.4, -0.2) is 16.7 Å². The molecule has 0 amide bonds. The molecule has 5 heteroatoms. The zero-order valence-corrected chi connectivity index (χ0v) is 12.0. The van der Waals surface area contributed by atoms with E-state index in [-0.39, 0.29) is 0 Å².